The number of carbonyl (C=O) groups excluding carboxylic acids is 1. The fraction of sp³-hybridized carbons (Fsp3) is 0. The molecule has 0 N–H and O–H groups in total. The lowest BCUT2D eigenvalue weighted by Crippen LogP contribution is -2.06. The zero-order valence-electron chi connectivity index (χ0n) is 3.66. The molecule has 0 heterocycles. The van der Waals surface area contributed by atoms with Crippen LogP contribution in [-0.2, 0) is 9.63 Å². The first kappa shape index (κ1) is 6.43. The van der Waals surface area contributed by atoms with Crippen molar-refractivity contribution in [3.63, 3.8) is 0 Å². The average molecular weight is 115 g/mol. The summed E-state index contributed by atoms with van der Waals surface area (Å²) in [6.45, 7) is 0. The molecular formula is C3HNO4. The van der Waals surface area contributed by atoms with Crippen LogP contribution < -0.4 is 0 Å². The molecule has 0 atom stereocenters. The fourth-order valence-electron chi connectivity index (χ4n) is 0.0940. The Labute approximate surface area is 44.4 Å². The average Bonchev–Trinajstić information content (AvgIpc) is 1.65. The van der Waals surface area contributed by atoms with Crippen molar-refractivity contribution in [1.82, 2.24) is 0 Å². The Morgan fingerprint density at radius 3 is 2.50 bits per heavy atom. The molecule has 0 amide bonds. The first-order chi connectivity index (χ1) is 3.66. The van der Waals surface area contributed by atoms with Crippen molar-refractivity contribution in [3.8, 4) is 12.3 Å². The predicted octanol–water partition coefficient (Wildman–Crippen LogP) is -0.646. The standard InChI is InChI=1S/C3HNO4/c1-2-3(5)8-4(6)7/h1H. The highest BCUT2D eigenvalue weighted by Crippen LogP contribution is 1.72. The molecule has 0 spiro atoms. The summed E-state index contributed by atoms with van der Waals surface area (Å²) in [7, 11) is 0. The minimum absolute atomic E-state index is 1.26. The minimum Gasteiger partial charge on any atom is -0.253 e. The minimum atomic E-state index is -1.30. The highest BCUT2D eigenvalue weighted by atomic mass is 17.0. The van der Waals surface area contributed by atoms with Crippen LogP contribution in [0.3, 0.4) is 0 Å². The Morgan fingerprint density at radius 2 is 2.38 bits per heavy atom. The Morgan fingerprint density at radius 1 is 1.88 bits per heavy atom. The number of hydrogen-bond donors (Lipinski definition) is 0. The number of carbonyl (C=O) groups is 1. The van der Waals surface area contributed by atoms with Gasteiger partial charge in [-0.3, -0.25) is 4.79 Å². The molecule has 5 heteroatoms. The molecule has 0 saturated carbocycles. The van der Waals surface area contributed by atoms with E-state index >= 15 is 0 Å². The number of nitrogens with zero attached hydrogens (tertiary/aromatic N) is 1. The molecule has 0 radical (unpaired) electrons. The van der Waals surface area contributed by atoms with E-state index < -0.39 is 11.1 Å². The normalized spacial score (nSPS) is 6.88. The van der Waals surface area contributed by atoms with Gasteiger partial charge in [-0.05, 0) is 5.92 Å². The Bertz CT molecular complexity index is 155. The molecule has 8 heavy (non-hydrogen) atoms. The molecular weight excluding hydrogens is 114 g/mol. The van der Waals surface area contributed by atoms with Gasteiger partial charge < -0.3 is 0 Å². The van der Waals surface area contributed by atoms with Gasteiger partial charge >= 0.3 is 11.1 Å². The van der Waals surface area contributed by atoms with Crippen LogP contribution in [0.1, 0.15) is 0 Å². The maximum Gasteiger partial charge on any atom is 0.377 e. The van der Waals surface area contributed by atoms with E-state index in [4.69, 9.17) is 0 Å². The molecule has 0 unspecified atom stereocenters. The number of rotatable bonds is 1. The zero-order chi connectivity index (χ0) is 6.57. The van der Waals surface area contributed by atoms with E-state index in [1.165, 1.54) is 5.92 Å². The molecule has 42 valence electrons. The Kier molecular flexibility index (Phi) is 2.07. The maximum atomic E-state index is 9.72. The maximum absolute atomic E-state index is 9.72. The van der Waals surface area contributed by atoms with Gasteiger partial charge in [-0.1, -0.05) is 0 Å². The SMILES string of the molecule is C#CC(=O)O[N+](=O)[O-]. The lowest BCUT2D eigenvalue weighted by Gasteiger charge is -1.82. The van der Waals surface area contributed by atoms with Gasteiger partial charge in [0, 0.05) is 0 Å². The summed E-state index contributed by atoms with van der Waals surface area (Å²) in [4.78, 5) is 22.2. The molecule has 0 saturated heterocycles. The van der Waals surface area contributed by atoms with Crippen molar-refractivity contribution in [1.29, 1.82) is 0 Å². The van der Waals surface area contributed by atoms with Crippen LogP contribution in [0.2, 0.25) is 0 Å². The largest absolute Gasteiger partial charge is 0.377 e. The van der Waals surface area contributed by atoms with Crippen molar-refractivity contribution >= 4 is 5.97 Å². The summed E-state index contributed by atoms with van der Waals surface area (Å²) < 4.78 is 0. The molecule has 0 aromatic carbocycles. The van der Waals surface area contributed by atoms with E-state index in [0.29, 0.717) is 0 Å². The summed E-state index contributed by atoms with van der Waals surface area (Å²) in [5, 5.41) is 7.97. The molecule has 5 nitrogen and oxygen atoms in total. The summed E-state index contributed by atoms with van der Waals surface area (Å²) >= 11 is 0. The summed E-state index contributed by atoms with van der Waals surface area (Å²) in [5.74, 6) is 0.0972. The van der Waals surface area contributed by atoms with E-state index in [1.807, 2.05) is 0 Å². The van der Waals surface area contributed by atoms with E-state index in [1.54, 1.807) is 0 Å². The third-order valence-corrected chi connectivity index (χ3v) is 0.275. The second-order valence-electron chi connectivity index (χ2n) is 0.747. The van der Waals surface area contributed by atoms with Crippen LogP contribution in [0.15, 0.2) is 0 Å². The lowest BCUT2D eigenvalue weighted by molar-refractivity contribution is -0.728. The van der Waals surface area contributed by atoms with Crippen molar-refractivity contribution in [2.75, 3.05) is 0 Å². The van der Waals surface area contributed by atoms with Crippen LogP contribution in [0.4, 0.5) is 0 Å². The molecule has 0 bridgehead atoms. The first-order valence-electron chi connectivity index (χ1n) is 1.49. The topological polar surface area (TPSA) is 69.4 Å². The van der Waals surface area contributed by atoms with Crippen LogP contribution in [-0.4, -0.2) is 11.1 Å². The molecule has 0 rings (SSSR count). The molecule has 0 aliphatic heterocycles. The molecule has 0 fully saturated rings. The van der Waals surface area contributed by atoms with Crippen molar-refractivity contribution < 1.29 is 14.7 Å². The first-order valence-corrected chi connectivity index (χ1v) is 1.49. The molecule has 0 aliphatic carbocycles. The summed E-state index contributed by atoms with van der Waals surface area (Å²) in [5.41, 5.74) is 0. The van der Waals surface area contributed by atoms with Gasteiger partial charge in [-0.15, -0.1) is 16.5 Å². The van der Waals surface area contributed by atoms with Crippen LogP contribution >= 0.6 is 0 Å². The van der Waals surface area contributed by atoms with Gasteiger partial charge in [-0.25, -0.2) is 4.84 Å². The fourth-order valence-corrected chi connectivity index (χ4v) is 0.0940. The van der Waals surface area contributed by atoms with Gasteiger partial charge in [-0.2, -0.15) is 0 Å². The summed E-state index contributed by atoms with van der Waals surface area (Å²) in [6, 6.07) is 0. The number of hydrogen-bond acceptors (Lipinski definition) is 4. The third-order valence-electron chi connectivity index (χ3n) is 0.275. The van der Waals surface area contributed by atoms with E-state index in [2.05, 4.69) is 11.3 Å². The van der Waals surface area contributed by atoms with Gasteiger partial charge in [0.2, 0.25) is 0 Å². The van der Waals surface area contributed by atoms with Crippen LogP contribution in [0, 0.1) is 22.5 Å². The highest BCUT2D eigenvalue weighted by Gasteiger charge is 1.99. The van der Waals surface area contributed by atoms with E-state index in [0.717, 1.165) is 0 Å². The third kappa shape index (κ3) is 2.66. The predicted molar refractivity (Wildman–Crippen MR) is 21.9 cm³/mol. The molecule has 0 aliphatic rings. The summed E-state index contributed by atoms with van der Waals surface area (Å²) in [6.07, 6.45) is 4.39. The quantitative estimate of drug-likeness (QED) is 0.259. The number of terminal acetylenes is 1. The van der Waals surface area contributed by atoms with Gasteiger partial charge in [0.25, 0.3) is 0 Å². The Hall–Kier alpha value is -1.57. The Balaban J connectivity index is 3.61. The van der Waals surface area contributed by atoms with Gasteiger partial charge in [0.05, 0.1) is 0 Å². The van der Waals surface area contributed by atoms with E-state index in [-0.39, 0.29) is 0 Å². The van der Waals surface area contributed by atoms with Crippen molar-refractivity contribution in [2.24, 2.45) is 0 Å². The monoisotopic (exact) mass is 115 g/mol. The van der Waals surface area contributed by atoms with Gasteiger partial charge in [0.1, 0.15) is 0 Å². The molecule has 0 aromatic rings. The van der Waals surface area contributed by atoms with Crippen LogP contribution in [0.25, 0.3) is 0 Å². The smallest absolute Gasteiger partial charge is 0.253 e. The lowest BCUT2D eigenvalue weighted by atomic mass is 10.7. The van der Waals surface area contributed by atoms with Gasteiger partial charge in [0.15, 0.2) is 0 Å². The zero-order valence-corrected chi connectivity index (χ0v) is 3.66. The van der Waals surface area contributed by atoms with Crippen LogP contribution in [0.5, 0.6) is 0 Å². The highest BCUT2D eigenvalue weighted by molar-refractivity contribution is 5.86. The van der Waals surface area contributed by atoms with Crippen molar-refractivity contribution in [2.45, 2.75) is 0 Å². The van der Waals surface area contributed by atoms with Crippen molar-refractivity contribution in [3.05, 3.63) is 10.1 Å². The second kappa shape index (κ2) is 2.58. The van der Waals surface area contributed by atoms with E-state index in [9.17, 15) is 14.9 Å². The molecule has 0 aromatic heterocycles. The second-order valence-corrected chi connectivity index (χ2v) is 0.747.